The fourth-order valence-electron chi connectivity index (χ4n) is 2.71. The average Bonchev–Trinajstić information content (AvgIpc) is 3.11. The Hall–Kier alpha value is -1.75. The van der Waals surface area contributed by atoms with Crippen molar-refractivity contribution in [1.82, 2.24) is 4.98 Å². The number of rotatable bonds is 5. The van der Waals surface area contributed by atoms with Gasteiger partial charge in [0.2, 0.25) is 0 Å². The van der Waals surface area contributed by atoms with Crippen LogP contribution in [0.25, 0.3) is 10.2 Å². The first-order valence-corrected chi connectivity index (χ1v) is 12.3. The van der Waals surface area contributed by atoms with Crippen LogP contribution in [0.1, 0.15) is 5.56 Å². The van der Waals surface area contributed by atoms with E-state index in [-0.39, 0.29) is 36.6 Å². The molecule has 0 saturated carbocycles. The number of ether oxygens (including phenoxy) is 1. The summed E-state index contributed by atoms with van der Waals surface area (Å²) in [5.74, 6) is 0.132. The Morgan fingerprint density at radius 2 is 1.64 bits per heavy atom. The van der Waals surface area contributed by atoms with Gasteiger partial charge in [-0.15, -0.1) is 0 Å². The molecule has 1 unspecified atom stereocenters. The van der Waals surface area contributed by atoms with E-state index >= 15 is 0 Å². The Kier molecular flexibility index (Phi) is 7.00. The minimum atomic E-state index is -4.57. The Bertz CT molecular complexity index is 1370. The number of nitrogens with zero attached hydrogens (tertiary/aromatic N) is 1. The second-order valence-electron chi connectivity index (χ2n) is 6.48. The van der Waals surface area contributed by atoms with E-state index in [9.17, 15) is 17.4 Å². The first-order valence-electron chi connectivity index (χ1n) is 8.79. The minimum absolute atomic E-state index is 0.0367. The van der Waals surface area contributed by atoms with Gasteiger partial charge in [-0.25, -0.2) is 9.19 Å². The molecule has 4 nitrogen and oxygen atoms in total. The third-order valence-corrected chi connectivity index (χ3v) is 7.48. The molecule has 1 N–H and O–H groups in total. The van der Waals surface area contributed by atoms with Crippen LogP contribution >= 0.6 is 57.7 Å². The molecule has 0 aliphatic carbocycles. The lowest BCUT2D eigenvalue weighted by molar-refractivity contribution is -0.137. The molecule has 3 aromatic carbocycles. The van der Waals surface area contributed by atoms with E-state index < -0.39 is 22.7 Å². The molecule has 0 aliphatic rings. The zero-order valence-electron chi connectivity index (χ0n) is 15.8. The Labute approximate surface area is 211 Å². The lowest BCUT2D eigenvalue weighted by atomic mass is 10.2. The van der Waals surface area contributed by atoms with Crippen LogP contribution in [0.15, 0.2) is 53.4 Å². The van der Waals surface area contributed by atoms with Gasteiger partial charge in [-0.3, -0.25) is 0 Å². The topological polar surface area (TPSA) is 51.2 Å². The van der Waals surface area contributed by atoms with Crippen molar-refractivity contribution >= 4 is 84.6 Å². The van der Waals surface area contributed by atoms with Gasteiger partial charge in [-0.05, 0) is 48.5 Å². The smallest absolute Gasteiger partial charge is 0.416 e. The Morgan fingerprint density at radius 1 is 0.939 bits per heavy atom. The summed E-state index contributed by atoms with van der Waals surface area (Å²) < 4.78 is 60.2. The molecular weight excluding hydrogens is 563 g/mol. The lowest BCUT2D eigenvalue weighted by Gasteiger charge is -2.13. The number of aromatic nitrogens is 1. The maximum Gasteiger partial charge on any atom is 0.416 e. The van der Waals surface area contributed by atoms with Crippen molar-refractivity contribution in [3.05, 3.63) is 74.2 Å². The summed E-state index contributed by atoms with van der Waals surface area (Å²) in [6, 6.07) is 10.6. The van der Waals surface area contributed by atoms with E-state index in [0.29, 0.717) is 16.6 Å². The van der Waals surface area contributed by atoms with E-state index in [1.807, 2.05) is 0 Å². The van der Waals surface area contributed by atoms with Crippen molar-refractivity contribution in [3.63, 3.8) is 0 Å². The number of nitrogens with one attached hydrogen (secondary N) is 1. The van der Waals surface area contributed by atoms with Gasteiger partial charge in [0.1, 0.15) is 0 Å². The van der Waals surface area contributed by atoms with E-state index in [0.717, 1.165) is 16.8 Å². The molecule has 1 atom stereocenters. The summed E-state index contributed by atoms with van der Waals surface area (Å²) in [5.41, 5.74) is -0.0190. The van der Waals surface area contributed by atoms with Crippen LogP contribution in [-0.4, -0.2) is 9.19 Å². The van der Waals surface area contributed by atoms with Gasteiger partial charge < -0.3 is 9.46 Å². The zero-order valence-corrected chi connectivity index (χ0v) is 20.5. The third kappa shape index (κ3) is 5.50. The number of hydrogen-bond acceptors (Lipinski definition) is 4. The maximum absolute atomic E-state index is 12.8. The zero-order chi connectivity index (χ0) is 23.9. The van der Waals surface area contributed by atoms with E-state index in [4.69, 9.17) is 51.1 Å². The van der Waals surface area contributed by atoms with Crippen LogP contribution < -0.4 is 9.46 Å². The predicted molar refractivity (Wildman–Crippen MR) is 128 cm³/mol. The summed E-state index contributed by atoms with van der Waals surface area (Å²) in [6.07, 6.45) is -4.57. The fourth-order valence-corrected chi connectivity index (χ4v) is 5.64. The van der Waals surface area contributed by atoms with Gasteiger partial charge in [0, 0.05) is 10.7 Å². The summed E-state index contributed by atoms with van der Waals surface area (Å²) >= 11 is 25.7. The fraction of sp³-hybridized carbons (Fsp3) is 0.0500. The lowest BCUT2D eigenvalue weighted by Crippen LogP contribution is -2.08. The maximum atomic E-state index is 12.8. The molecule has 33 heavy (non-hydrogen) atoms. The van der Waals surface area contributed by atoms with Crippen molar-refractivity contribution < 1.29 is 22.1 Å². The highest BCUT2D eigenvalue weighted by Gasteiger charge is 2.31. The molecule has 1 aromatic heterocycles. The normalized spacial score (nSPS) is 12.7. The summed E-state index contributed by atoms with van der Waals surface area (Å²) in [7, 11) is -1.99. The number of hydrogen-bond donors (Lipinski definition) is 1. The van der Waals surface area contributed by atoms with Crippen LogP contribution in [0.3, 0.4) is 0 Å². The molecule has 0 aliphatic heterocycles. The van der Waals surface area contributed by atoms with Crippen molar-refractivity contribution in [3.8, 4) is 10.9 Å². The molecule has 0 fully saturated rings. The largest absolute Gasteiger partial charge is 0.428 e. The third-order valence-electron chi connectivity index (χ3n) is 4.19. The van der Waals surface area contributed by atoms with Crippen LogP contribution in [0.2, 0.25) is 20.1 Å². The SMILES string of the molecule is O=S(Nc1cc(Cl)c(Oc2nc3ccc(Cl)cc3s2)c(Cl)c1)c1ccc(C(F)(F)F)cc1Cl. The van der Waals surface area contributed by atoms with Gasteiger partial charge >= 0.3 is 6.18 Å². The highest BCUT2D eigenvalue weighted by atomic mass is 35.5. The van der Waals surface area contributed by atoms with Gasteiger partial charge in [0.15, 0.2) is 16.7 Å². The summed E-state index contributed by atoms with van der Waals surface area (Å²) in [6.45, 7) is 0. The first-order chi connectivity index (χ1) is 15.5. The van der Waals surface area contributed by atoms with E-state index in [1.165, 1.54) is 23.5 Å². The molecule has 0 spiro atoms. The van der Waals surface area contributed by atoms with Gasteiger partial charge in [0.05, 0.1) is 35.7 Å². The van der Waals surface area contributed by atoms with Crippen molar-refractivity contribution in [2.75, 3.05) is 4.72 Å². The highest BCUT2D eigenvalue weighted by molar-refractivity contribution is 7.86. The molecule has 13 heteroatoms. The quantitative estimate of drug-likeness (QED) is 0.260. The Morgan fingerprint density at radius 3 is 2.27 bits per heavy atom. The summed E-state index contributed by atoms with van der Waals surface area (Å²) in [4.78, 5) is 4.30. The van der Waals surface area contributed by atoms with Gasteiger partial charge in [-0.2, -0.15) is 13.2 Å². The second-order valence-corrected chi connectivity index (χ2v) is 10.3. The number of fused-ring (bicyclic) bond motifs is 1. The number of anilines is 1. The number of thiazole rings is 1. The number of halogens is 7. The van der Waals surface area contributed by atoms with Crippen LogP contribution in [0.5, 0.6) is 10.9 Å². The van der Waals surface area contributed by atoms with E-state index in [2.05, 4.69) is 9.71 Å². The molecular formula is C20H9Cl4F3N2O2S2. The first kappa shape index (κ1) is 24.4. The van der Waals surface area contributed by atoms with Crippen molar-refractivity contribution in [1.29, 1.82) is 0 Å². The predicted octanol–water partition coefficient (Wildman–Crippen LogP) is 8.86. The van der Waals surface area contributed by atoms with Crippen LogP contribution in [-0.2, 0) is 17.2 Å². The molecule has 0 amide bonds. The number of benzene rings is 3. The summed E-state index contributed by atoms with van der Waals surface area (Å²) in [5, 5.41) is 0.738. The molecule has 172 valence electrons. The standard InChI is InChI=1S/C20H9Cl4F3N2O2S2/c21-10-2-3-15-16(6-10)32-19(28-15)31-18-13(23)7-11(8-14(18)24)29-33(30)17-4-1-9(5-12(17)22)20(25,26)27/h1-8,29H. The molecule has 4 aromatic rings. The van der Waals surface area contributed by atoms with E-state index in [1.54, 1.807) is 18.2 Å². The average molecular weight is 572 g/mol. The molecule has 4 rings (SSSR count). The molecule has 1 heterocycles. The molecule has 0 bridgehead atoms. The second kappa shape index (κ2) is 9.48. The molecule has 0 radical (unpaired) electrons. The van der Waals surface area contributed by atoms with Gasteiger partial charge in [0.25, 0.3) is 5.19 Å². The monoisotopic (exact) mass is 570 g/mol. The number of alkyl halides is 3. The highest BCUT2D eigenvalue weighted by Crippen LogP contribution is 2.41. The van der Waals surface area contributed by atoms with Crippen LogP contribution in [0.4, 0.5) is 18.9 Å². The van der Waals surface area contributed by atoms with Crippen LogP contribution in [0, 0.1) is 0 Å². The Balaban J connectivity index is 1.55. The minimum Gasteiger partial charge on any atom is -0.428 e. The van der Waals surface area contributed by atoms with Gasteiger partial charge in [-0.1, -0.05) is 57.7 Å². The van der Waals surface area contributed by atoms with Crippen molar-refractivity contribution in [2.45, 2.75) is 11.1 Å². The molecule has 0 saturated heterocycles. The van der Waals surface area contributed by atoms with Crippen molar-refractivity contribution in [2.24, 2.45) is 0 Å².